The van der Waals surface area contributed by atoms with E-state index in [0.717, 1.165) is 0 Å². The minimum atomic E-state index is -0.241. The maximum atomic E-state index is 12.1. The number of amides is 1. The summed E-state index contributed by atoms with van der Waals surface area (Å²) in [4.78, 5) is 24.3. The average molecular weight is 346 g/mol. The summed E-state index contributed by atoms with van der Waals surface area (Å²) in [6.45, 7) is 3.84. The zero-order valence-corrected chi connectivity index (χ0v) is 14.5. The molecule has 0 spiro atoms. The molecule has 0 aliphatic heterocycles. The molecule has 0 saturated heterocycles. The Morgan fingerprint density at radius 2 is 1.71 bits per heavy atom. The molecule has 0 fully saturated rings. The van der Waals surface area contributed by atoms with Crippen molar-refractivity contribution in [2.24, 2.45) is 0 Å². The summed E-state index contributed by atoms with van der Waals surface area (Å²) in [5, 5.41) is 3.19. The molecule has 1 N–H and O–H groups in total. The molecule has 0 aliphatic carbocycles. The fourth-order valence-electron chi connectivity index (χ4n) is 2.19. The number of ketones is 1. The number of nitrogens with one attached hydrogen (secondary N) is 1. The fraction of sp³-hybridized carbons (Fsp3) is 0.263. The summed E-state index contributed by atoms with van der Waals surface area (Å²) in [6, 6.07) is 14.1. The minimum absolute atomic E-state index is 0.00449. The van der Waals surface area contributed by atoms with Gasteiger partial charge in [-0.25, -0.2) is 0 Å². The van der Waals surface area contributed by atoms with Crippen LogP contribution in [0.5, 0.6) is 5.75 Å². The van der Waals surface area contributed by atoms with Crippen LogP contribution in [0, 0.1) is 0 Å². The van der Waals surface area contributed by atoms with Crippen molar-refractivity contribution in [3.8, 4) is 5.75 Å². The average Bonchev–Trinajstić information content (AvgIpc) is 2.54. The van der Waals surface area contributed by atoms with E-state index in [9.17, 15) is 9.59 Å². The second-order valence-electron chi connectivity index (χ2n) is 5.61. The molecule has 2 aromatic carbocycles. The number of ether oxygens (including phenoxy) is 1. The standard InChI is InChI=1S/C19H20ClNO3/c1-13(2)24-18-10-6-5-9-16(18)21-19(23)12-11-17(22)14-7-3-4-8-15(14)20/h3-10,13H,11-12H2,1-2H3,(H,21,23). The van der Waals surface area contributed by atoms with Gasteiger partial charge in [-0.05, 0) is 38.1 Å². The summed E-state index contributed by atoms with van der Waals surface area (Å²) >= 11 is 6.00. The number of carbonyl (C=O) groups excluding carboxylic acids is 2. The summed E-state index contributed by atoms with van der Waals surface area (Å²) in [5.74, 6) is 0.218. The molecule has 126 valence electrons. The number of hydrogen-bond donors (Lipinski definition) is 1. The normalized spacial score (nSPS) is 10.5. The molecule has 0 unspecified atom stereocenters. The van der Waals surface area contributed by atoms with Crippen molar-refractivity contribution < 1.29 is 14.3 Å². The Bertz CT molecular complexity index is 728. The molecule has 1 amide bonds. The number of para-hydroxylation sites is 2. The van der Waals surface area contributed by atoms with E-state index in [2.05, 4.69) is 5.32 Å². The fourth-order valence-corrected chi connectivity index (χ4v) is 2.43. The van der Waals surface area contributed by atoms with Gasteiger partial charge in [0.1, 0.15) is 5.75 Å². The van der Waals surface area contributed by atoms with E-state index in [-0.39, 0.29) is 30.6 Å². The third kappa shape index (κ3) is 5.10. The van der Waals surface area contributed by atoms with Crippen molar-refractivity contribution in [3.05, 3.63) is 59.1 Å². The maximum absolute atomic E-state index is 12.1. The predicted octanol–water partition coefficient (Wildman–Crippen LogP) is 4.73. The molecule has 0 aliphatic rings. The van der Waals surface area contributed by atoms with Crippen LogP contribution in [0.3, 0.4) is 0 Å². The van der Waals surface area contributed by atoms with Gasteiger partial charge in [0.2, 0.25) is 5.91 Å². The molecule has 0 atom stereocenters. The lowest BCUT2D eigenvalue weighted by Crippen LogP contribution is -2.15. The summed E-state index contributed by atoms with van der Waals surface area (Å²) < 4.78 is 5.66. The second kappa shape index (κ2) is 8.50. The lowest BCUT2D eigenvalue weighted by molar-refractivity contribution is -0.116. The Labute approximate surface area is 146 Å². The topological polar surface area (TPSA) is 55.4 Å². The van der Waals surface area contributed by atoms with Crippen LogP contribution in [0.15, 0.2) is 48.5 Å². The Morgan fingerprint density at radius 1 is 1.04 bits per heavy atom. The maximum Gasteiger partial charge on any atom is 0.224 e. The number of hydrogen-bond acceptors (Lipinski definition) is 3. The number of benzene rings is 2. The third-order valence-electron chi connectivity index (χ3n) is 3.28. The van der Waals surface area contributed by atoms with E-state index >= 15 is 0 Å². The zero-order chi connectivity index (χ0) is 17.5. The highest BCUT2D eigenvalue weighted by molar-refractivity contribution is 6.34. The summed E-state index contributed by atoms with van der Waals surface area (Å²) in [6.07, 6.45) is 0.188. The highest BCUT2D eigenvalue weighted by Crippen LogP contribution is 2.25. The SMILES string of the molecule is CC(C)Oc1ccccc1NC(=O)CCC(=O)c1ccccc1Cl. The van der Waals surface area contributed by atoms with Gasteiger partial charge in [0.05, 0.1) is 16.8 Å². The monoisotopic (exact) mass is 345 g/mol. The van der Waals surface area contributed by atoms with Crippen LogP contribution in [0.2, 0.25) is 5.02 Å². The molecule has 2 rings (SSSR count). The van der Waals surface area contributed by atoms with Gasteiger partial charge in [0.25, 0.3) is 0 Å². The van der Waals surface area contributed by atoms with Crippen molar-refractivity contribution in [2.45, 2.75) is 32.8 Å². The smallest absolute Gasteiger partial charge is 0.224 e. The number of anilines is 1. The van der Waals surface area contributed by atoms with Crippen molar-refractivity contribution in [2.75, 3.05) is 5.32 Å². The molecule has 0 heterocycles. The van der Waals surface area contributed by atoms with Crippen LogP contribution < -0.4 is 10.1 Å². The molecule has 5 heteroatoms. The lowest BCUT2D eigenvalue weighted by atomic mass is 10.1. The molecule has 0 aromatic heterocycles. The third-order valence-corrected chi connectivity index (χ3v) is 3.61. The number of halogens is 1. The molecule has 4 nitrogen and oxygen atoms in total. The van der Waals surface area contributed by atoms with Crippen molar-refractivity contribution in [1.29, 1.82) is 0 Å². The Kier molecular flexibility index (Phi) is 6.38. The minimum Gasteiger partial charge on any atom is -0.489 e. The van der Waals surface area contributed by atoms with Gasteiger partial charge >= 0.3 is 0 Å². The molecule has 0 saturated carbocycles. The second-order valence-corrected chi connectivity index (χ2v) is 6.02. The summed E-state index contributed by atoms with van der Waals surface area (Å²) in [7, 11) is 0. The number of carbonyl (C=O) groups is 2. The molecule has 0 radical (unpaired) electrons. The Morgan fingerprint density at radius 3 is 2.42 bits per heavy atom. The van der Waals surface area contributed by atoms with Gasteiger partial charge in [-0.3, -0.25) is 9.59 Å². The number of rotatable bonds is 7. The summed E-state index contributed by atoms with van der Waals surface area (Å²) in [5.41, 5.74) is 1.04. The van der Waals surface area contributed by atoms with Crippen LogP contribution in [-0.2, 0) is 4.79 Å². The van der Waals surface area contributed by atoms with E-state index in [4.69, 9.17) is 16.3 Å². The number of Topliss-reactive ketones (excluding diaryl/α,β-unsaturated/α-hetero) is 1. The van der Waals surface area contributed by atoms with Crippen LogP contribution in [0.1, 0.15) is 37.0 Å². The zero-order valence-electron chi connectivity index (χ0n) is 13.7. The highest BCUT2D eigenvalue weighted by Gasteiger charge is 2.13. The van der Waals surface area contributed by atoms with Gasteiger partial charge in [0.15, 0.2) is 5.78 Å². The van der Waals surface area contributed by atoms with Crippen LogP contribution in [-0.4, -0.2) is 17.8 Å². The lowest BCUT2D eigenvalue weighted by Gasteiger charge is -2.14. The van der Waals surface area contributed by atoms with Gasteiger partial charge < -0.3 is 10.1 Å². The van der Waals surface area contributed by atoms with Gasteiger partial charge in [0, 0.05) is 18.4 Å². The molecule has 0 bridgehead atoms. The van der Waals surface area contributed by atoms with Crippen molar-refractivity contribution in [3.63, 3.8) is 0 Å². The van der Waals surface area contributed by atoms with Gasteiger partial charge in [-0.15, -0.1) is 0 Å². The Balaban J connectivity index is 1.95. The van der Waals surface area contributed by atoms with Crippen LogP contribution >= 0.6 is 11.6 Å². The van der Waals surface area contributed by atoms with Crippen LogP contribution in [0.4, 0.5) is 5.69 Å². The van der Waals surface area contributed by atoms with E-state index < -0.39 is 0 Å². The quantitative estimate of drug-likeness (QED) is 0.738. The van der Waals surface area contributed by atoms with Gasteiger partial charge in [-0.1, -0.05) is 35.9 Å². The first-order valence-electron chi connectivity index (χ1n) is 7.80. The molecular weight excluding hydrogens is 326 g/mol. The predicted molar refractivity (Wildman–Crippen MR) is 95.9 cm³/mol. The van der Waals surface area contributed by atoms with Crippen molar-refractivity contribution in [1.82, 2.24) is 0 Å². The molecule has 2 aromatic rings. The van der Waals surface area contributed by atoms with Crippen molar-refractivity contribution >= 4 is 29.0 Å². The van der Waals surface area contributed by atoms with Gasteiger partial charge in [-0.2, -0.15) is 0 Å². The van der Waals surface area contributed by atoms with E-state index in [0.29, 0.717) is 22.0 Å². The van der Waals surface area contributed by atoms with E-state index in [1.165, 1.54) is 0 Å². The largest absolute Gasteiger partial charge is 0.489 e. The first-order valence-corrected chi connectivity index (χ1v) is 8.18. The molecular formula is C19H20ClNO3. The molecule has 24 heavy (non-hydrogen) atoms. The Hall–Kier alpha value is -2.33. The highest BCUT2D eigenvalue weighted by atomic mass is 35.5. The van der Waals surface area contributed by atoms with E-state index in [1.54, 1.807) is 36.4 Å². The first kappa shape index (κ1) is 18.0. The van der Waals surface area contributed by atoms with Crippen LogP contribution in [0.25, 0.3) is 0 Å². The first-order chi connectivity index (χ1) is 11.5. The van der Waals surface area contributed by atoms with E-state index in [1.807, 2.05) is 26.0 Å².